The van der Waals surface area contributed by atoms with Crippen molar-refractivity contribution in [2.45, 2.75) is 20.3 Å². The third kappa shape index (κ3) is 8.44. The van der Waals surface area contributed by atoms with Gasteiger partial charge >= 0.3 is 0 Å². The number of pyridine rings is 1. The van der Waals surface area contributed by atoms with Gasteiger partial charge in [0, 0.05) is 42.5 Å². The second kappa shape index (κ2) is 15.2. The molecule has 0 saturated carbocycles. The Morgan fingerprint density at radius 2 is 1.79 bits per heavy atom. The number of nitrogens with zero attached hydrogens (tertiary/aromatic N) is 3. The van der Waals surface area contributed by atoms with Gasteiger partial charge in [-0.1, -0.05) is 12.1 Å². The molecule has 2 heterocycles. The molecule has 226 valence electrons. The second-order valence-electron chi connectivity index (χ2n) is 8.82. The number of rotatable bonds is 12. The summed E-state index contributed by atoms with van der Waals surface area (Å²) < 4.78 is 65.1. The number of anilines is 3. The van der Waals surface area contributed by atoms with Crippen molar-refractivity contribution < 1.29 is 26.7 Å². The van der Waals surface area contributed by atoms with Crippen molar-refractivity contribution >= 4 is 38.2 Å². The summed E-state index contributed by atoms with van der Waals surface area (Å²) >= 11 is 0. The van der Waals surface area contributed by atoms with E-state index in [1.54, 1.807) is 24.3 Å². The van der Waals surface area contributed by atoms with E-state index >= 15 is 4.39 Å². The summed E-state index contributed by atoms with van der Waals surface area (Å²) in [5.74, 6) is -0.272. The Morgan fingerprint density at radius 3 is 2.40 bits per heavy atom. The van der Waals surface area contributed by atoms with Gasteiger partial charge in [0.2, 0.25) is 10.0 Å². The van der Waals surface area contributed by atoms with Crippen LogP contribution in [-0.4, -0.2) is 62.2 Å². The summed E-state index contributed by atoms with van der Waals surface area (Å²) in [5.41, 5.74) is 18.7. The van der Waals surface area contributed by atoms with Gasteiger partial charge in [-0.3, -0.25) is 9.11 Å². The number of benzene rings is 2. The molecule has 42 heavy (non-hydrogen) atoms. The second-order valence-corrected chi connectivity index (χ2v) is 10.7. The highest BCUT2D eigenvalue weighted by atomic mass is 32.2. The van der Waals surface area contributed by atoms with Gasteiger partial charge in [0.15, 0.2) is 11.6 Å². The first kappa shape index (κ1) is 32.4. The van der Waals surface area contributed by atoms with Crippen molar-refractivity contribution in [1.82, 2.24) is 15.0 Å². The first-order chi connectivity index (χ1) is 20.1. The Morgan fingerprint density at radius 1 is 1.02 bits per heavy atom. The zero-order valence-corrected chi connectivity index (χ0v) is 24.3. The van der Waals surface area contributed by atoms with Crippen molar-refractivity contribution in [1.29, 1.82) is 0 Å². The van der Waals surface area contributed by atoms with Gasteiger partial charge < -0.3 is 26.7 Å². The molecule has 0 unspecified atom stereocenters. The van der Waals surface area contributed by atoms with Crippen LogP contribution in [0.1, 0.15) is 20.3 Å². The number of aromatic nitrogens is 3. The van der Waals surface area contributed by atoms with Gasteiger partial charge in [-0.25, -0.2) is 27.8 Å². The molecular weight excluding hydrogens is 568 g/mol. The quantitative estimate of drug-likeness (QED) is 0.184. The van der Waals surface area contributed by atoms with Crippen LogP contribution in [0.4, 0.5) is 26.1 Å². The zero-order valence-electron chi connectivity index (χ0n) is 23.4. The molecule has 7 N–H and O–H groups in total. The van der Waals surface area contributed by atoms with E-state index < -0.39 is 28.3 Å². The minimum Gasteiger partial charge on any atom is -0.490 e. The average molecular weight is 604 g/mol. The Bertz CT molecular complexity index is 1590. The van der Waals surface area contributed by atoms with Crippen LogP contribution in [0.15, 0.2) is 48.7 Å². The van der Waals surface area contributed by atoms with Crippen LogP contribution < -0.4 is 26.7 Å². The SMILES string of the molecule is CCOCC.NCCOc1cc(-c2cccc(NS(=O)(=O)CCCF)c2F)cc2c(N)nc(-c3ccc(N)nc3)nc12. The lowest BCUT2D eigenvalue weighted by Gasteiger charge is -2.15. The van der Waals surface area contributed by atoms with E-state index in [9.17, 15) is 12.8 Å². The maximum Gasteiger partial charge on any atom is 0.232 e. The van der Waals surface area contributed by atoms with Crippen LogP contribution in [0.2, 0.25) is 0 Å². The lowest BCUT2D eigenvalue weighted by Crippen LogP contribution is -2.18. The van der Waals surface area contributed by atoms with Gasteiger partial charge in [-0.2, -0.15) is 0 Å². The number of halogens is 2. The van der Waals surface area contributed by atoms with Crippen molar-refractivity contribution in [2.24, 2.45) is 5.73 Å². The van der Waals surface area contributed by atoms with E-state index in [1.165, 1.54) is 24.4 Å². The molecule has 0 atom stereocenters. The molecule has 0 spiro atoms. The summed E-state index contributed by atoms with van der Waals surface area (Å²) in [5, 5.41) is 0.394. The Kier molecular flexibility index (Phi) is 11.7. The number of hydrogen-bond donors (Lipinski definition) is 4. The minimum atomic E-state index is -3.94. The number of nitrogens with one attached hydrogen (secondary N) is 1. The molecule has 0 saturated heterocycles. The molecule has 0 amide bonds. The molecule has 14 heteroatoms. The molecule has 0 aliphatic carbocycles. The van der Waals surface area contributed by atoms with Crippen LogP contribution in [0, 0.1) is 5.82 Å². The van der Waals surface area contributed by atoms with Gasteiger partial charge in [-0.15, -0.1) is 0 Å². The third-order valence-corrected chi connectivity index (χ3v) is 7.10. The molecule has 0 fully saturated rings. The highest BCUT2D eigenvalue weighted by Crippen LogP contribution is 2.37. The number of alkyl halides is 1. The van der Waals surface area contributed by atoms with Gasteiger partial charge in [0.25, 0.3) is 0 Å². The van der Waals surface area contributed by atoms with Crippen LogP contribution in [0.25, 0.3) is 33.4 Å². The fourth-order valence-corrected chi connectivity index (χ4v) is 4.91. The predicted molar refractivity (Wildman–Crippen MR) is 162 cm³/mol. The average Bonchev–Trinajstić information content (AvgIpc) is 2.97. The summed E-state index contributed by atoms with van der Waals surface area (Å²) in [6, 6.07) is 10.7. The molecule has 0 bridgehead atoms. The number of ether oxygens (including phenoxy) is 2. The van der Waals surface area contributed by atoms with Crippen molar-refractivity contribution in [3.63, 3.8) is 0 Å². The maximum absolute atomic E-state index is 15.5. The molecule has 0 aliphatic heterocycles. The first-order valence-corrected chi connectivity index (χ1v) is 14.9. The molecule has 0 aliphatic rings. The van der Waals surface area contributed by atoms with Crippen LogP contribution in [0.5, 0.6) is 5.75 Å². The van der Waals surface area contributed by atoms with Crippen molar-refractivity contribution in [3.05, 3.63) is 54.5 Å². The number of nitrogens with two attached hydrogens (primary N) is 3. The number of fused-ring (bicyclic) bond motifs is 1. The normalized spacial score (nSPS) is 11.2. The van der Waals surface area contributed by atoms with Gasteiger partial charge in [-0.05, 0) is 56.2 Å². The molecule has 2 aromatic heterocycles. The number of sulfonamides is 1. The predicted octanol–water partition coefficient (Wildman–Crippen LogP) is 4.14. The van der Waals surface area contributed by atoms with Crippen LogP contribution in [0.3, 0.4) is 0 Å². The largest absolute Gasteiger partial charge is 0.490 e. The topological polar surface area (TPSA) is 181 Å². The van der Waals surface area contributed by atoms with E-state index in [-0.39, 0.29) is 42.4 Å². The van der Waals surface area contributed by atoms with E-state index in [4.69, 9.17) is 26.7 Å². The van der Waals surface area contributed by atoms with Crippen molar-refractivity contribution in [2.75, 3.05) is 55.0 Å². The Hall–Kier alpha value is -4.14. The summed E-state index contributed by atoms with van der Waals surface area (Å²) in [6.07, 6.45) is 1.32. The fraction of sp³-hybridized carbons (Fsp3) is 0.321. The molecule has 11 nitrogen and oxygen atoms in total. The summed E-state index contributed by atoms with van der Waals surface area (Å²) in [7, 11) is -3.94. The lowest BCUT2D eigenvalue weighted by atomic mass is 10.0. The van der Waals surface area contributed by atoms with Crippen LogP contribution in [-0.2, 0) is 14.8 Å². The number of hydrogen-bond acceptors (Lipinski definition) is 10. The molecule has 4 aromatic rings. The van der Waals surface area contributed by atoms with E-state index in [0.29, 0.717) is 33.7 Å². The monoisotopic (exact) mass is 603 g/mol. The highest BCUT2D eigenvalue weighted by Gasteiger charge is 2.19. The fourth-order valence-electron chi connectivity index (χ4n) is 3.83. The Labute approximate surface area is 243 Å². The van der Waals surface area contributed by atoms with E-state index in [2.05, 4.69) is 19.7 Å². The van der Waals surface area contributed by atoms with E-state index in [0.717, 1.165) is 13.2 Å². The minimum absolute atomic E-state index is 0.0800. The van der Waals surface area contributed by atoms with Gasteiger partial charge in [0.1, 0.15) is 29.5 Å². The Balaban J connectivity index is 0.000000892. The van der Waals surface area contributed by atoms with Gasteiger partial charge in [0.05, 0.1) is 18.1 Å². The maximum atomic E-state index is 15.5. The summed E-state index contributed by atoms with van der Waals surface area (Å²) in [6.45, 7) is 5.23. The third-order valence-electron chi connectivity index (χ3n) is 5.75. The zero-order chi connectivity index (χ0) is 30.7. The summed E-state index contributed by atoms with van der Waals surface area (Å²) in [4.78, 5) is 13.0. The van der Waals surface area contributed by atoms with Crippen LogP contribution >= 0.6 is 0 Å². The lowest BCUT2D eigenvalue weighted by molar-refractivity contribution is 0.162. The van der Waals surface area contributed by atoms with E-state index in [1.807, 2.05) is 13.8 Å². The molecule has 0 radical (unpaired) electrons. The smallest absolute Gasteiger partial charge is 0.232 e. The molecule has 4 rings (SSSR count). The standard InChI is InChI=1S/C24H25F2N7O3S.C4H10O/c25-7-2-10-37(34,35)33-18-4-1-3-16(21(18)26)15-11-17-22(19(12-15)36-9-8-27)31-24(32-23(17)29)14-5-6-20(28)30-13-14;1-3-5-4-2/h1,3-6,11-13,33H,2,7-10,27H2,(H2,28,30)(H2,29,31,32);3-4H2,1-2H3. The molecule has 2 aromatic carbocycles. The first-order valence-electron chi connectivity index (χ1n) is 13.2. The highest BCUT2D eigenvalue weighted by molar-refractivity contribution is 7.92. The molecular formula is C28H35F2N7O4S. The number of nitrogen functional groups attached to an aromatic ring is 2. The van der Waals surface area contributed by atoms with Crippen molar-refractivity contribution in [3.8, 4) is 28.3 Å².